The van der Waals surface area contributed by atoms with E-state index in [1.807, 2.05) is 71.6 Å². The first-order valence-corrected chi connectivity index (χ1v) is 14.4. The Morgan fingerprint density at radius 3 is 2.57 bits per heavy atom. The van der Waals surface area contributed by atoms with Gasteiger partial charge in [-0.1, -0.05) is 36.0 Å². The SMILES string of the molecule is COc1ccc(N2C(=S)N[C@@H](c3ccccn3)[C@H]2c2ccc(Sc3ccccc3)o2)cc1NS(C)(=O)=O. The first-order chi connectivity index (χ1) is 17.8. The maximum atomic E-state index is 12.0. The standard InChI is InChI=1S/C26H24N4O4S3/c1-33-21-12-11-17(16-20(21)29-37(2,31)32)30-25(24(28-26(30)35)19-10-6-7-15-27-19)22-13-14-23(34-22)36-18-8-4-3-5-9-18/h3-16,24-25,29H,1-2H3,(H,28,35)/t24-,25+/m0/s1. The molecule has 2 aromatic carbocycles. The Hall–Kier alpha value is -3.54. The van der Waals surface area contributed by atoms with E-state index < -0.39 is 10.0 Å². The Morgan fingerprint density at radius 2 is 1.86 bits per heavy atom. The predicted octanol–water partition coefficient (Wildman–Crippen LogP) is 5.38. The highest BCUT2D eigenvalue weighted by Gasteiger charge is 2.42. The average Bonchev–Trinajstić information content (AvgIpc) is 3.48. The van der Waals surface area contributed by atoms with Crippen LogP contribution in [0.2, 0.25) is 0 Å². The summed E-state index contributed by atoms with van der Waals surface area (Å²) >= 11 is 7.30. The summed E-state index contributed by atoms with van der Waals surface area (Å²) in [6.45, 7) is 0. The number of ether oxygens (including phenoxy) is 1. The van der Waals surface area contributed by atoms with Crippen LogP contribution >= 0.6 is 24.0 Å². The zero-order valence-electron chi connectivity index (χ0n) is 20.0. The molecule has 0 radical (unpaired) electrons. The molecule has 0 saturated carbocycles. The number of furan rings is 1. The Labute approximate surface area is 225 Å². The highest BCUT2D eigenvalue weighted by Crippen LogP contribution is 2.44. The fraction of sp³-hybridized carbons (Fsp3) is 0.154. The van der Waals surface area contributed by atoms with Gasteiger partial charge in [0.05, 0.1) is 30.8 Å². The number of thiocarbonyl (C=S) groups is 1. The molecule has 2 N–H and O–H groups in total. The molecular formula is C26H24N4O4S3. The second-order valence-corrected chi connectivity index (χ2v) is 11.5. The van der Waals surface area contributed by atoms with E-state index in [1.54, 1.807) is 18.3 Å². The smallest absolute Gasteiger partial charge is 0.229 e. The molecule has 1 aliphatic heterocycles. The van der Waals surface area contributed by atoms with Crippen LogP contribution in [-0.4, -0.2) is 31.9 Å². The second kappa shape index (κ2) is 10.4. The average molecular weight is 553 g/mol. The molecule has 5 rings (SSSR count). The minimum absolute atomic E-state index is 0.303. The molecule has 0 unspecified atom stereocenters. The number of nitrogens with one attached hydrogen (secondary N) is 2. The van der Waals surface area contributed by atoms with Gasteiger partial charge in [-0.3, -0.25) is 9.71 Å². The highest BCUT2D eigenvalue weighted by molar-refractivity contribution is 7.99. The molecule has 0 aliphatic carbocycles. The van der Waals surface area contributed by atoms with Crippen LogP contribution in [0, 0.1) is 0 Å². The summed E-state index contributed by atoms with van der Waals surface area (Å²) in [7, 11) is -2.05. The predicted molar refractivity (Wildman–Crippen MR) is 149 cm³/mol. The number of pyridine rings is 1. The van der Waals surface area contributed by atoms with Crippen molar-refractivity contribution in [1.29, 1.82) is 0 Å². The number of methoxy groups -OCH3 is 1. The molecule has 1 aliphatic rings. The normalized spacial score (nSPS) is 17.5. The highest BCUT2D eigenvalue weighted by atomic mass is 32.2. The van der Waals surface area contributed by atoms with Crippen LogP contribution in [0.4, 0.5) is 11.4 Å². The van der Waals surface area contributed by atoms with E-state index in [-0.39, 0.29) is 12.1 Å². The fourth-order valence-corrected chi connectivity index (χ4v) is 5.90. The number of rotatable bonds is 8. The van der Waals surface area contributed by atoms with Gasteiger partial charge in [0.1, 0.15) is 17.6 Å². The van der Waals surface area contributed by atoms with E-state index in [4.69, 9.17) is 21.4 Å². The lowest BCUT2D eigenvalue weighted by molar-refractivity contribution is 0.383. The summed E-state index contributed by atoms with van der Waals surface area (Å²) in [6.07, 6.45) is 2.83. The van der Waals surface area contributed by atoms with Gasteiger partial charge in [0.2, 0.25) is 10.0 Å². The molecule has 11 heteroatoms. The van der Waals surface area contributed by atoms with Crippen LogP contribution < -0.4 is 19.7 Å². The zero-order valence-corrected chi connectivity index (χ0v) is 22.4. The van der Waals surface area contributed by atoms with Crippen molar-refractivity contribution in [3.05, 3.63) is 96.5 Å². The Morgan fingerprint density at radius 1 is 1.08 bits per heavy atom. The van der Waals surface area contributed by atoms with Crippen molar-refractivity contribution in [2.75, 3.05) is 23.0 Å². The van der Waals surface area contributed by atoms with Crippen LogP contribution in [0.25, 0.3) is 0 Å². The van der Waals surface area contributed by atoms with Crippen molar-refractivity contribution in [2.45, 2.75) is 22.1 Å². The molecule has 0 spiro atoms. The molecule has 37 heavy (non-hydrogen) atoms. The third kappa shape index (κ3) is 5.58. The molecule has 190 valence electrons. The van der Waals surface area contributed by atoms with Crippen molar-refractivity contribution in [3.8, 4) is 5.75 Å². The monoisotopic (exact) mass is 552 g/mol. The van der Waals surface area contributed by atoms with E-state index in [9.17, 15) is 8.42 Å². The summed E-state index contributed by atoms with van der Waals surface area (Å²) < 4.78 is 38.2. The summed E-state index contributed by atoms with van der Waals surface area (Å²) in [5.41, 5.74) is 1.78. The summed E-state index contributed by atoms with van der Waals surface area (Å²) in [5.74, 6) is 1.08. The maximum absolute atomic E-state index is 12.0. The van der Waals surface area contributed by atoms with Crippen molar-refractivity contribution in [1.82, 2.24) is 10.3 Å². The van der Waals surface area contributed by atoms with Gasteiger partial charge in [0.25, 0.3) is 0 Å². The third-order valence-electron chi connectivity index (χ3n) is 5.71. The summed E-state index contributed by atoms with van der Waals surface area (Å²) in [6, 6.07) is 24.1. The van der Waals surface area contributed by atoms with Gasteiger partial charge >= 0.3 is 0 Å². The number of sulfonamides is 1. The van der Waals surface area contributed by atoms with E-state index in [0.717, 1.165) is 21.9 Å². The van der Waals surface area contributed by atoms with Crippen LogP contribution in [0.1, 0.15) is 23.5 Å². The molecule has 4 aromatic rings. The number of hydrogen-bond donors (Lipinski definition) is 2. The Balaban J connectivity index is 1.57. The van der Waals surface area contributed by atoms with Crippen molar-refractivity contribution < 1.29 is 17.6 Å². The molecule has 2 aromatic heterocycles. The Kier molecular flexibility index (Phi) is 7.09. The molecule has 1 saturated heterocycles. The minimum Gasteiger partial charge on any atom is -0.495 e. The molecular weight excluding hydrogens is 529 g/mol. The number of anilines is 2. The van der Waals surface area contributed by atoms with E-state index in [2.05, 4.69) is 15.0 Å². The first kappa shape index (κ1) is 25.1. The Bertz CT molecular complexity index is 1510. The molecule has 1 fully saturated rings. The number of nitrogens with zero attached hydrogens (tertiary/aromatic N) is 2. The molecule has 2 atom stereocenters. The summed E-state index contributed by atoms with van der Waals surface area (Å²) in [5, 5.41) is 4.59. The summed E-state index contributed by atoms with van der Waals surface area (Å²) in [4.78, 5) is 7.54. The maximum Gasteiger partial charge on any atom is 0.229 e. The zero-order chi connectivity index (χ0) is 26.0. The lowest BCUT2D eigenvalue weighted by atomic mass is 10.0. The molecule has 0 bridgehead atoms. The lowest BCUT2D eigenvalue weighted by Gasteiger charge is -2.27. The van der Waals surface area contributed by atoms with Gasteiger partial charge in [-0.15, -0.1) is 0 Å². The van der Waals surface area contributed by atoms with Gasteiger partial charge in [0, 0.05) is 16.8 Å². The third-order valence-corrected chi connectivity index (χ3v) is 7.54. The number of benzene rings is 2. The van der Waals surface area contributed by atoms with Gasteiger partial charge in [-0.05, 0) is 66.8 Å². The van der Waals surface area contributed by atoms with Crippen LogP contribution in [0.15, 0.2) is 99.5 Å². The van der Waals surface area contributed by atoms with Gasteiger partial charge in [0.15, 0.2) is 10.2 Å². The first-order valence-electron chi connectivity index (χ1n) is 11.3. The van der Waals surface area contributed by atoms with Crippen molar-refractivity contribution >= 4 is 50.5 Å². The topological polar surface area (TPSA) is 96.7 Å². The second-order valence-electron chi connectivity index (χ2n) is 8.33. The van der Waals surface area contributed by atoms with E-state index in [1.165, 1.54) is 18.9 Å². The van der Waals surface area contributed by atoms with Gasteiger partial charge < -0.3 is 19.4 Å². The largest absolute Gasteiger partial charge is 0.495 e. The van der Waals surface area contributed by atoms with Gasteiger partial charge in [-0.2, -0.15) is 0 Å². The van der Waals surface area contributed by atoms with Crippen LogP contribution in [0.5, 0.6) is 5.75 Å². The van der Waals surface area contributed by atoms with Crippen LogP contribution in [0.3, 0.4) is 0 Å². The molecule has 0 amide bonds. The van der Waals surface area contributed by atoms with Gasteiger partial charge in [-0.25, -0.2) is 8.42 Å². The van der Waals surface area contributed by atoms with Crippen molar-refractivity contribution in [2.24, 2.45) is 0 Å². The minimum atomic E-state index is -3.54. The van der Waals surface area contributed by atoms with E-state index in [0.29, 0.717) is 28.0 Å². The lowest BCUT2D eigenvalue weighted by Crippen LogP contribution is -2.29. The van der Waals surface area contributed by atoms with Crippen LogP contribution in [-0.2, 0) is 10.0 Å². The van der Waals surface area contributed by atoms with E-state index >= 15 is 0 Å². The quantitative estimate of drug-likeness (QED) is 0.279. The fourth-order valence-electron chi connectivity index (χ4n) is 4.20. The molecule has 8 nitrogen and oxygen atoms in total. The number of hydrogen-bond acceptors (Lipinski definition) is 7. The molecule has 3 heterocycles. The van der Waals surface area contributed by atoms with Crippen molar-refractivity contribution in [3.63, 3.8) is 0 Å². The number of aromatic nitrogens is 1.